The lowest BCUT2D eigenvalue weighted by Crippen LogP contribution is -2.29. The first-order chi connectivity index (χ1) is 11.7. The lowest BCUT2D eigenvalue weighted by atomic mass is 9.77. The van der Waals surface area contributed by atoms with Crippen LogP contribution < -0.4 is 14.8 Å². The van der Waals surface area contributed by atoms with E-state index in [2.05, 4.69) is 73.6 Å². The van der Waals surface area contributed by atoms with Crippen molar-refractivity contribution in [1.82, 2.24) is 0 Å². The molecular formula is C19H15Br2NO2. The Bertz CT molecular complexity index is 865. The fourth-order valence-corrected chi connectivity index (χ4v) is 4.99. The third-order valence-electron chi connectivity index (χ3n) is 5.15. The van der Waals surface area contributed by atoms with E-state index >= 15 is 0 Å². The number of nitrogens with one attached hydrogen (secondary N) is 1. The van der Waals surface area contributed by atoms with Crippen molar-refractivity contribution in [3.05, 3.63) is 62.6 Å². The summed E-state index contributed by atoms with van der Waals surface area (Å²) in [6, 6.07) is 10.9. The Morgan fingerprint density at radius 3 is 2.71 bits per heavy atom. The molecule has 0 saturated carbocycles. The molecule has 2 heterocycles. The molecule has 5 rings (SSSR count). The molecule has 0 amide bonds. The smallest absolute Gasteiger partial charge is 0.231 e. The van der Waals surface area contributed by atoms with Gasteiger partial charge in [0, 0.05) is 20.6 Å². The van der Waals surface area contributed by atoms with E-state index in [4.69, 9.17) is 9.47 Å². The molecule has 0 aromatic heterocycles. The van der Waals surface area contributed by atoms with Gasteiger partial charge in [0.15, 0.2) is 11.5 Å². The number of hydrogen-bond donors (Lipinski definition) is 1. The highest BCUT2D eigenvalue weighted by Crippen LogP contribution is 2.52. The van der Waals surface area contributed by atoms with Gasteiger partial charge < -0.3 is 14.8 Å². The molecule has 1 N–H and O–H groups in total. The molecule has 0 saturated heterocycles. The molecule has 3 aliphatic rings. The maximum atomic E-state index is 5.59. The predicted molar refractivity (Wildman–Crippen MR) is 101 cm³/mol. The zero-order valence-corrected chi connectivity index (χ0v) is 15.9. The van der Waals surface area contributed by atoms with Crippen LogP contribution in [0, 0.1) is 5.92 Å². The summed E-state index contributed by atoms with van der Waals surface area (Å²) in [5.41, 5.74) is 3.81. The highest BCUT2D eigenvalue weighted by atomic mass is 79.9. The molecule has 2 aliphatic heterocycles. The number of benzene rings is 2. The molecule has 0 bridgehead atoms. The van der Waals surface area contributed by atoms with E-state index in [0.717, 1.165) is 26.9 Å². The number of rotatable bonds is 1. The maximum Gasteiger partial charge on any atom is 0.231 e. The third-order valence-corrected chi connectivity index (χ3v) is 6.33. The van der Waals surface area contributed by atoms with E-state index in [1.165, 1.54) is 16.8 Å². The Hall–Kier alpha value is -1.46. The van der Waals surface area contributed by atoms with Gasteiger partial charge in [-0.2, -0.15) is 0 Å². The average molecular weight is 449 g/mol. The van der Waals surface area contributed by atoms with Crippen LogP contribution in [0.5, 0.6) is 11.5 Å². The first-order valence-corrected chi connectivity index (χ1v) is 9.61. The molecule has 5 heteroatoms. The number of ether oxygens (including phenoxy) is 2. The van der Waals surface area contributed by atoms with Gasteiger partial charge in [-0.15, -0.1) is 0 Å². The van der Waals surface area contributed by atoms with Crippen molar-refractivity contribution in [1.29, 1.82) is 0 Å². The van der Waals surface area contributed by atoms with Crippen LogP contribution in [0.15, 0.2) is 51.4 Å². The summed E-state index contributed by atoms with van der Waals surface area (Å²) in [5.74, 6) is 2.59. The molecule has 122 valence electrons. The molecule has 0 spiro atoms. The fraction of sp³-hybridized carbons (Fsp3) is 0.263. The fourth-order valence-electron chi connectivity index (χ4n) is 4.04. The molecule has 1 aliphatic carbocycles. The highest BCUT2D eigenvalue weighted by Gasteiger charge is 2.39. The molecular weight excluding hydrogens is 434 g/mol. The van der Waals surface area contributed by atoms with Crippen LogP contribution in [0.2, 0.25) is 0 Å². The van der Waals surface area contributed by atoms with Crippen LogP contribution in [0.3, 0.4) is 0 Å². The minimum absolute atomic E-state index is 0.238. The van der Waals surface area contributed by atoms with E-state index in [-0.39, 0.29) is 6.04 Å². The van der Waals surface area contributed by atoms with Crippen molar-refractivity contribution in [2.24, 2.45) is 5.92 Å². The predicted octanol–water partition coefficient (Wildman–Crippen LogP) is 5.77. The van der Waals surface area contributed by atoms with Crippen LogP contribution in [0.25, 0.3) is 0 Å². The quantitative estimate of drug-likeness (QED) is 0.562. The van der Waals surface area contributed by atoms with Crippen LogP contribution in [-0.2, 0) is 0 Å². The number of hydrogen-bond acceptors (Lipinski definition) is 3. The van der Waals surface area contributed by atoms with Gasteiger partial charge >= 0.3 is 0 Å². The topological polar surface area (TPSA) is 30.5 Å². The van der Waals surface area contributed by atoms with E-state index in [9.17, 15) is 0 Å². The van der Waals surface area contributed by atoms with Gasteiger partial charge in [-0.3, -0.25) is 0 Å². The van der Waals surface area contributed by atoms with Gasteiger partial charge in [0.2, 0.25) is 6.79 Å². The second kappa shape index (κ2) is 5.53. The second-order valence-electron chi connectivity index (χ2n) is 6.43. The Kier molecular flexibility index (Phi) is 3.42. The van der Waals surface area contributed by atoms with Crippen molar-refractivity contribution in [2.45, 2.75) is 18.4 Å². The summed E-state index contributed by atoms with van der Waals surface area (Å²) in [6.45, 7) is 0.299. The monoisotopic (exact) mass is 447 g/mol. The maximum absolute atomic E-state index is 5.59. The largest absolute Gasteiger partial charge is 0.454 e. The minimum atomic E-state index is 0.238. The molecule has 3 atom stereocenters. The Morgan fingerprint density at radius 2 is 1.83 bits per heavy atom. The molecule has 0 unspecified atom stereocenters. The van der Waals surface area contributed by atoms with Crippen molar-refractivity contribution in [3.8, 4) is 11.5 Å². The van der Waals surface area contributed by atoms with E-state index in [0.29, 0.717) is 18.6 Å². The second-order valence-corrected chi connectivity index (χ2v) is 8.20. The highest BCUT2D eigenvalue weighted by molar-refractivity contribution is 9.10. The van der Waals surface area contributed by atoms with Gasteiger partial charge in [0.1, 0.15) is 0 Å². The summed E-state index contributed by atoms with van der Waals surface area (Å²) in [6.07, 6.45) is 5.74. The van der Waals surface area contributed by atoms with Crippen LogP contribution in [-0.4, -0.2) is 6.79 Å². The first kappa shape index (κ1) is 14.8. The van der Waals surface area contributed by atoms with Crippen molar-refractivity contribution < 1.29 is 9.47 Å². The lowest BCUT2D eigenvalue weighted by molar-refractivity contribution is 0.174. The normalized spacial score (nSPS) is 26.0. The minimum Gasteiger partial charge on any atom is -0.454 e. The van der Waals surface area contributed by atoms with E-state index in [1.54, 1.807) is 0 Å². The van der Waals surface area contributed by atoms with Gasteiger partial charge in [0.05, 0.1) is 6.04 Å². The first-order valence-electron chi connectivity index (χ1n) is 8.02. The Balaban J connectivity index is 1.61. The summed E-state index contributed by atoms with van der Waals surface area (Å²) >= 11 is 7.33. The Labute approximate surface area is 157 Å². The number of anilines is 1. The van der Waals surface area contributed by atoms with E-state index in [1.807, 2.05) is 6.07 Å². The summed E-state index contributed by atoms with van der Waals surface area (Å²) < 4.78 is 13.3. The summed E-state index contributed by atoms with van der Waals surface area (Å²) in [7, 11) is 0. The molecule has 0 radical (unpaired) electrons. The van der Waals surface area contributed by atoms with Gasteiger partial charge in [-0.25, -0.2) is 0 Å². The third kappa shape index (κ3) is 2.21. The van der Waals surface area contributed by atoms with Crippen molar-refractivity contribution >= 4 is 37.5 Å². The van der Waals surface area contributed by atoms with Gasteiger partial charge in [-0.1, -0.05) is 44.0 Å². The molecule has 2 aromatic carbocycles. The Morgan fingerprint density at radius 1 is 1.00 bits per heavy atom. The van der Waals surface area contributed by atoms with Gasteiger partial charge in [0.25, 0.3) is 0 Å². The van der Waals surface area contributed by atoms with Crippen LogP contribution in [0.4, 0.5) is 5.69 Å². The lowest BCUT2D eigenvalue weighted by Gasteiger charge is -2.38. The molecule has 0 fully saturated rings. The molecule has 24 heavy (non-hydrogen) atoms. The standard InChI is InChI=1S/C19H15Br2NO2/c20-10-4-5-16-13(6-10)11-2-1-3-12(11)19(22-16)14-7-17-18(8-15(14)21)24-9-23-17/h1-2,4-8,11-12,19,22H,3,9H2/t11-,12+,19-/m1/s1. The summed E-state index contributed by atoms with van der Waals surface area (Å²) in [5, 5.41) is 3.76. The van der Waals surface area contributed by atoms with Crippen LogP contribution in [0.1, 0.15) is 29.5 Å². The zero-order valence-electron chi connectivity index (χ0n) is 12.8. The van der Waals surface area contributed by atoms with Crippen LogP contribution >= 0.6 is 31.9 Å². The van der Waals surface area contributed by atoms with Crippen molar-refractivity contribution in [2.75, 3.05) is 12.1 Å². The number of fused-ring (bicyclic) bond motifs is 4. The van der Waals surface area contributed by atoms with Crippen molar-refractivity contribution in [3.63, 3.8) is 0 Å². The number of halogens is 2. The van der Waals surface area contributed by atoms with E-state index < -0.39 is 0 Å². The zero-order chi connectivity index (χ0) is 16.3. The summed E-state index contributed by atoms with van der Waals surface area (Å²) in [4.78, 5) is 0. The average Bonchev–Trinajstić information content (AvgIpc) is 3.22. The van der Waals surface area contributed by atoms with Gasteiger partial charge in [-0.05, 0) is 53.8 Å². The molecule has 3 nitrogen and oxygen atoms in total. The molecule has 2 aromatic rings. The SMILES string of the molecule is Brc1ccc2c(c1)[C@@H]1C=CC[C@@H]1[C@H](c1cc3c(cc1Br)OCO3)N2. The number of allylic oxidation sites excluding steroid dienone is 2.